The van der Waals surface area contributed by atoms with Crippen LogP contribution in [-0.4, -0.2) is 52.5 Å². The molecule has 10 heteroatoms. The van der Waals surface area contributed by atoms with Gasteiger partial charge in [-0.25, -0.2) is 0 Å². The van der Waals surface area contributed by atoms with Crippen molar-refractivity contribution in [1.82, 2.24) is 10.6 Å². The van der Waals surface area contributed by atoms with E-state index in [-0.39, 0.29) is 36.8 Å². The van der Waals surface area contributed by atoms with Crippen LogP contribution < -0.4 is 30.6 Å². The average Bonchev–Trinajstić information content (AvgIpc) is 2.78. The minimum Gasteiger partial charge on any atom is -0.496 e. The van der Waals surface area contributed by atoms with Gasteiger partial charge in [-0.15, -0.1) is 24.8 Å². The SMILES string of the molecule is COc1cc(Oc2cc(C(=O)NCC3CNCCO3)ccc2OC)ccc1CN.Cl.Cl. The maximum absolute atomic E-state index is 12.6. The summed E-state index contributed by atoms with van der Waals surface area (Å²) in [5.41, 5.74) is 7.05. The van der Waals surface area contributed by atoms with Gasteiger partial charge in [0, 0.05) is 43.4 Å². The third kappa shape index (κ3) is 7.15. The molecule has 4 N–H and O–H groups in total. The third-order valence-corrected chi connectivity index (χ3v) is 4.63. The molecule has 0 aliphatic carbocycles. The number of benzene rings is 2. The van der Waals surface area contributed by atoms with Gasteiger partial charge in [-0.1, -0.05) is 6.07 Å². The van der Waals surface area contributed by atoms with Crippen LogP contribution in [0.15, 0.2) is 36.4 Å². The molecule has 0 radical (unpaired) electrons. The van der Waals surface area contributed by atoms with E-state index < -0.39 is 0 Å². The summed E-state index contributed by atoms with van der Waals surface area (Å²) in [5.74, 6) is 1.93. The first-order chi connectivity index (χ1) is 14.1. The fourth-order valence-corrected chi connectivity index (χ4v) is 3.04. The van der Waals surface area contributed by atoms with Gasteiger partial charge in [0.2, 0.25) is 0 Å². The minimum absolute atomic E-state index is 0. The first kappa shape index (κ1) is 26.8. The fourth-order valence-electron chi connectivity index (χ4n) is 3.04. The van der Waals surface area contributed by atoms with Crippen LogP contribution in [0.1, 0.15) is 15.9 Å². The molecular formula is C21H29Cl2N3O5. The summed E-state index contributed by atoms with van der Waals surface area (Å²) in [5, 5.41) is 6.13. The molecule has 1 atom stereocenters. The molecule has 8 nitrogen and oxygen atoms in total. The molecule has 1 aliphatic rings. The highest BCUT2D eigenvalue weighted by molar-refractivity contribution is 5.95. The lowest BCUT2D eigenvalue weighted by atomic mass is 10.1. The summed E-state index contributed by atoms with van der Waals surface area (Å²) in [6.07, 6.45) is -0.0322. The van der Waals surface area contributed by atoms with E-state index in [1.807, 2.05) is 6.07 Å². The number of nitrogens with two attached hydrogens (primary N) is 1. The number of methoxy groups -OCH3 is 2. The molecule has 1 heterocycles. The summed E-state index contributed by atoms with van der Waals surface area (Å²) in [6, 6.07) is 10.4. The van der Waals surface area contributed by atoms with E-state index in [0.717, 1.165) is 18.7 Å². The van der Waals surface area contributed by atoms with E-state index >= 15 is 0 Å². The molecule has 2 aromatic carbocycles. The van der Waals surface area contributed by atoms with E-state index in [1.54, 1.807) is 44.6 Å². The maximum Gasteiger partial charge on any atom is 0.251 e. The Balaban J connectivity index is 0.00000240. The van der Waals surface area contributed by atoms with Crippen LogP contribution in [0.25, 0.3) is 0 Å². The second-order valence-corrected chi connectivity index (χ2v) is 6.55. The minimum atomic E-state index is -0.206. The van der Waals surface area contributed by atoms with Crippen LogP contribution in [0.2, 0.25) is 0 Å². The largest absolute Gasteiger partial charge is 0.496 e. The highest BCUT2D eigenvalue weighted by atomic mass is 35.5. The number of halogens is 2. The number of carbonyl (C=O) groups is 1. The van der Waals surface area contributed by atoms with Crippen molar-refractivity contribution in [2.24, 2.45) is 5.73 Å². The van der Waals surface area contributed by atoms with Crippen LogP contribution in [-0.2, 0) is 11.3 Å². The van der Waals surface area contributed by atoms with E-state index in [2.05, 4.69) is 10.6 Å². The van der Waals surface area contributed by atoms with Crippen LogP contribution >= 0.6 is 24.8 Å². The molecule has 1 aliphatic heterocycles. The normalized spacial score (nSPS) is 15.1. The molecule has 1 saturated heterocycles. The number of rotatable bonds is 8. The molecule has 3 rings (SSSR count). The number of hydrogen-bond donors (Lipinski definition) is 3. The van der Waals surface area contributed by atoms with Gasteiger partial charge in [-0.05, 0) is 24.3 Å². The molecule has 0 spiro atoms. The van der Waals surface area contributed by atoms with Gasteiger partial charge in [0.1, 0.15) is 11.5 Å². The number of ether oxygens (including phenoxy) is 4. The molecule has 0 saturated carbocycles. The smallest absolute Gasteiger partial charge is 0.251 e. The predicted octanol–water partition coefficient (Wildman–Crippen LogP) is 2.52. The van der Waals surface area contributed by atoms with E-state index in [1.165, 1.54) is 0 Å². The Hall–Kier alpha value is -2.23. The molecule has 1 fully saturated rings. The number of nitrogens with one attached hydrogen (secondary N) is 2. The molecule has 172 valence electrons. The van der Waals surface area contributed by atoms with Gasteiger partial charge in [0.05, 0.1) is 26.9 Å². The Morgan fingerprint density at radius 1 is 1.13 bits per heavy atom. The van der Waals surface area contributed by atoms with Crippen molar-refractivity contribution in [2.75, 3.05) is 40.5 Å². The van der Waals surface area contributed by atoms with Crippen molar-refractivity contribution >= 4 is 30.7 Å². The number of morpholine rings is 1. The van der Waals surface area contributed by atoms with Crippen molar-refractivity contribution in [2.45, 2.75) is 12.6 Å². The summed E-state index contributed by atoms with van der Waals surface area (Å²) >= 11 is 0. The zero-order valence-corrected chi connectivity index (χ0v) is 19.1. The number of amides is 1. The molecule has 1 amide bonds. The number of carbonyl (C=O) groups excluding carboxylic acids is 1. The Kier molecular flexibility index (Phi) is 11.4. The molecule has 2 aromatic rings. The molecule has 1 unspecified atom stereocenters. The molecular weight excluding hydrogens is 445 g/mol. The van der Waals surface area contributed by atoms with Gasteiger partial charge in [-0.3, -0.25) is 4.79 Å². The van der Waals surface area contributed by atoms with Crippen LogP contribution in [0.5, 0.6) is 23.0 Å². The van der Waals surface area contributed by atoms with Gasteiger partial charge < -0.3 is 35.3 Å². The first-order valence-corrected chi connectivity index (χ1v) is 9.48. The zero-order valence-electron chi connectivity index (χ0n) is 17.5. The highest BCUT2D eigenvalue weighted by Gasteiger charge is 2.17. The summed E-state index contributed by atoms with van der Waals surface area (Å²) in [6.45, 7) is 3.00. The van der Waals surface area contributed by atoms with Gasteiger partial charge >= 0.3 is 0 Å². The van der Waals surface area contributed by atoms with Crippen LogP contribution in [0.3, 0.4) is 0 Å². The topological polar surface area (TPSA) is 104 Å². The standard InChI is InChI=1S/C21H27N3O5.2ClH/c1-26-18-6-4-14(21(25)24-13-17-12-23-7-8-28-17)9-20(18)29-16-5-3-15(11-22)19(10-16)27-2;;/h3-6,9-10,17,23H,7-8,11-13,22H2,1-2H3,(H,24,25);2*1H. The zero-order chi connectivity index (χ0) is 20.6. The quantitative estimate of drug-likeness (QED) is 0.540. The molecule has 0 bridgehead atoms. The van der Waals surface area contributed by atoms with Crippen molar-refractivity contribution in [1.29, 1.82) is 0 Å². The van der Waals surface area contributed by atoms with Gasteiger partial charge in [0.25, 0.3) is 5.91 Å². The van der Waals surface area contributed by atoms with E-state index in [4.69, 9.17) is 24.7 Å². The number of hydrogen-bond acceptors (Lipinski definition) is 7. The van der Waals surface area contributed by atoms with Crippen molar-refractivity contribution in [3.8, 4) is 23.0 Å². The lowest BCUT2D eigenvalue weighted by molar-refractivity contribution is 0.0287. The summed E-state index contributed by atoms with van der Waals surface area (Å²) in [7, 11) is 3.13. The van der Waals surface area contributed by atoms with Crippen LogP contribution in [0, 0.1) is 0 Å². The molecule has 31 heavy (non-hydrogen) atoms. The lowest BCUT2D eigenvalue weighted by Crippen LogP contribution is -2.45. The maximum atomic E-state index is 12.6. The highest BCUT2D eigenvalue weighted by Crippen LogP contribution is 2.34. The second kappa shape index (κ2) is 13.2. The Labute approximate surface area is 194 Å². The lowest BCUT2D eigenvalue weighted by Gasteiger charge is -2.23. The van der Waals surface area contributed by atoms with E-state index in [9.17, 15) is 4.79 Å². The van der Waals surface area contributed by atoms with Crippen molar-refractivity contribution in [3.05, 3.63) is 47.5 Å². The van der Waals surface area contributed by atoms with Crippen LogP contribution in [0.4, 0.5) is 0 Å². The summed E-state index contributed by atoms with van der Waals surface area (Å²) < 4.78 is 22.3. The van der Waals surface area contributed by atoms with Crippen molar-refractivity contribution < 1.29 is 23.7 Å². The Morgan fingerprint density at radius 2 is 1.90 bits per heavy atom. The predicted molar refractivity (Wildman–Crippen MR) is 123 cm³/mol. The van der Waals surface area contributed by atoms with Gasteiger partial charge in [0.15, 0.2) is 11.5 Å². The van der Waals surface area contributed by atoms with E-state index in [0.29, 0.717) is 48.3 Å². The first-order valence-electron chi connectivity index (χ1n) is 9.48. The Morgan fingerprint density at radius 3 is 2.55 bits per heavy atom. The van der Waals surface area contributed by atoms with Crippen molar-refractivity contribution in [3.63, 3.8) is 0 Å². The molecule has 0 aromatic heterocycles. The van der Waals surface area contributed by atoms with Gasteiger partial charge in [-0.2, -0.15) is 0 Å². The summed E-state index contributed by atoms with van der Waals surface area (Å²) in [4.78, 5) is 12.6. The average molecular weight is 474 g/mol. The Bertz CT molecular complexity index is 848. The fraction of sp³-hybridized carbons (Fsp3) is 0.381. The second-order valence-electron chi connectivity index (χ2n) is 6.55. The monoisotopic (exact) mass is 473 g/mol. The third-order valence-electron chi connectivity index (χ3n) is 4.63.